The van der Waals surface area contributed by atoms with Crippen molar-refractivity contribution in [3.63, 3.8) is 0 Å². The summed E-state index contributed by atoms with van der Waals surface area (Å²) >= 11 is 0. The zero-order chi connectivity index (χ0) is 21.8. The minimum absolute atomic E-state index is 0.114. The molecule has 9 nitrogen and oxygen atoms in total. The third-order valence-corrected chi connectivity index (χ3v) is 6.98. The van der Waals surface area contributed by atoms with E-state index in [-0.39, 0.29) is 23.1 Å². The minimum Gasteiger partial charge on any atom is -0.386 e. The molecule has 0 saturated carbocycles. The van der Waals surface area contributed by atoms with Crippen LogP contribution in [0.2, 0.25) is 0 Å². The zero-order valence-corrected chi connectivity index (χ0v) is 19.5. The number of hydrogen-bond acceptors (Lipinski definition) is 7. The van der Waals surface area contributed by atoms with Crippen molar-refractivity contribution in [1.82, 2.24) is 9.55 Å². The van der Waals surface area contributed by atoms with Crippen molar-refractivity contribution in [1.29, 1.82) is 0 Å². The molecule has 162 valence electrons. The topological polar surface area (TPSA) is 112 Å². The standard InChI is InChI=1S/C19H31N3O6Si/c1-10(23)20-11-8-9-22(16(25)21-11)14-12(24)13(26-17(2,3)4)19(27-14)15(29-19)28-18(5,6)7/h8-9,12-15,24H,29H2,1-7H3,(H,20,21,23,25)/t12-,13+,14-,15?,19-/m1/s1. The van der Waals surface area contributed by atoms with Crippen LogP contribution in [0.1, 0.15) is 54.7 Å². The van der Waals surface area contributed by atoms with E-state index in [0.29, 0.717) is 0 Å². The maximum Gasteiger partial charge on any atom is 0.351 e. The highest BCUT2D eigenvalue weighted by atomic mass is 28.2. The Morgan fingerprint density at radius 3 is 2.41 bits per heavy atom. The number of carbonyl (C=O) groups is 1. The monoisotopic (exact) mass is 425 g/mol. The molecular weight excluding hydrogens is 394 g/mol. The molecule has 1 amide bonds. The number of aliphatic hydroxyl groups is 1. The Morgan fingerprint density at radius 2 is 1.90 bits per heavy atom. The van der Waals surface area contributed by atoms with E-state index in [9.17, 15) is 14.7 Å². The van der Waals surface area contributed by atoms with Crippen LogP contribution >= 0.6 is 0 Å². The fourth-order valence-corrected chi connectivity index (χ4v) is 5.93. The summed E-state index contributed by atoms with van der Waals surface area (Å²) in [5.41, 5.74) is -1.59. The highest BCUT2D eigenvalue weighted by molar-refractivity contribution is 6.56. The Hall–Kier alpha value is -1.59. The van der Waals surface area contributed by atoms with Gasteiger partial charge in [0.15, 0.2) is 6.23 Å². The molecule has 2 N–H and O–H groups in total. The number of aliphatic hydroxyl groups excluding tert-OH is 1. The lowest BCUT2D eigenvalue weighted by molar-refractivity contribution is -0.140. The molecular formula is C19H31N3O6Si. The molecule has 1 aromatic heterocycles. The van der Waals surface area contributed by atoms with Crippen LogP contribution in [0.3, 0.4) is 0 Å². The van der Waals surface area contributed by atoms with Crippen molar-refractivity contribution in [3.8, 4) is 0 Å². The van der Waals surface area contributed by atoms with Crippen molar-refractivity contribution in [2.75, 3.05) is 5.32 Å². The van der Waals surface area contributed by atoms with Crippen molar-refractivity contribution >= 4 is 21.2 Å². The summed E-state index contributed by atoms with van der Waals surface area (Å²) in [6.07, 6.45) is -1.13. The third kappa shape index (κ3) is 4.77. The lowest BCUT2D eigenvalue weighted by atomic mass is 10.1. The van der Waals surface area contributed by atoms with Gasteiger partial charge in [-0.05, 0) is 47.6 Å². The molecule has 0 aromatic carbocycles. The molecule has 0 radical (unpaired) electrons. The average molecular weight is 426 g/mol. The van der Waals surface area contributed by atoms with Gasteiger partial charge in [0, 0.05) is 13.1 Å². The smallest absolute Gasteiger partial charge is 0.351 e. The molecule has 1 unspecified atom stereocenters. The summed E-state index contributed by atoms with van der Waals surface area (Å²) in [4.78, 5) is 27.6. The van der Waals surface area contributed by atoms with Gasteiger partial charge in [-0.15, -0.1) is 0 Å². The summed E-state index contributed by atoms with van der Waals surface area (Å²) in [5, 5.41) is 12.8. The second kappa shape index (κ2) is 7.27. The molecule has 1 aromatic rings. The Morgan fingerprint density at radius 1 is 1.28 bits per heavy atom. The molecule has 0 aliphatic carbocycles. The van der Waals surface area contributed by atoms with E-state index >= 15 is 0 Å². The summed E-state index contributed by atoms with van der Waals surface area (Å²) in [6.45, 7) is 13.0. The van der Waals surface area contributed by atoms with Gasteiger partial charge in [-0.3, -0.25) is 9.36 Å². The molecule has 3 rings (SSSR count). The summed E-state index contributed by atoms with van der Waals surface area (Å²) in [7, 11) is -0.872. The number of aromatic nitrogens is 2. The molecule has 2 aliphatic rings. The molecule has 10 heteroatoms. The van der Waals surface area contributed by atoms with Crippen molar-refractivity contribution in [2.24, 2.45) is 0 Å². The molecule has 0 bridgehead atoms. The first kappa shape index (κ1) is 22.1. The van der Waals surface area contributed by atoms with Gasteiger partial charge in [-0.1, -0.05) is 0 Å². The molecule has 3 heterocycles. The number of hydrogen-bond donors (Lipinski definition) is 2. The molecule has 1 spiro atoms. The van der Waals surface area contributed by atoms with Crippen LogP contribution < -0.4 is 11.0 Å². The number of nitrogens with one attached hydrogen (secondary N) is 1. The zero-order valence-electron chi connectivity index (χ0n) is 18.1. The number of ether oxygens (including phenoxy) is 3. The van der Waals surface area contributed by atoms with Gasteiger partial charge in [0.25, 0.3) is 0 Å². The molecule has 5 atom stereocenters. The van der Waals surface area contributed by atoms with Crippen molar-refractivity contribution in [2.45, 2.75) is 89.1 Å². The number of rotatable bonds is 4. The van der Waals surface area contributed by atoms with E-state index in [1.807, 2.05) is 41.5 Å². The predicted molar refractivity (Wildman–Crippen MR) is 109 cm³/mol. The highest BCUT2D eigenvalue weighted by Gasteiger charge is 2.72. The first-order chi connectivity index (χ1) is 13.2. The van der Waals surface area contributed by atoms with Crippen LogP contribution in [-0.2, 0) is 19.0 Å². The average Bonchev–Trinajstić information content (AvgIpc) is 3.12. The molecule has 2 saturated heterocycles. The van der Waals surface area contributed by atoms with Crippen LogP contribution in [-0.4, -0.2) is 64.4 Å². The maximum absolute atomic E-state index is 12.5. The van der Waals surface area contributed by atoms with E-state index in [2.05, 4.69) is 10.3 Å². The predicted octanol–water partition coefficient (Wildman–Crippen LogP) is 0.295. The lowest BCUT2D eigenvalue weighted by Crippen LogP contribution is -2.44. The van der Waals surface area contributed by atoms with E-state index in [4.69, 9.17) is 14.2 Å². The number of nitrogens with zero attached hydrogens (tertiary/aromatic N) is 2. The van der Waals surface area contributed by atoms with Gasteiger partial charge in [-0.2, -0.15) is 4.98 Å². The largest absolute Gasteiger partial charge is 0.386 e. The van der Waals surface area contributed by atoms with Gasteiger partial charge in [0.2, 0.25) is 5.91 Å². The summed E-state index contributed by atoms with van der Waals surface area (Å²) in [6, 6.07) is 1.50. The normalized spacial score (nSPS) is 32.7. The maximum atomic E-state index is 12.5. The van der Waals surface area contributed by atoms with Crippen LogP contribution in [0, 0.1) is 0 Å². The quantitative estimate of drug-likeness (QED) is 0.667. The van der Waals surface area contributed by atoms with Gasteiger partial charge in [-0.25, -0.2) is 4.79 Å². The van der Waals surface area contributed by atoms with E-state index in [1.165, 1.54) is 23.8 Å². The van der Waals surface area contributed by atoms with Crippen LogP contribution in [0.4, 0.5) is 5.82 Å². The molecule has 2 fully saturated rings. The van der Waals surface area contributed by atoms with Gasteiger partial charge in [0.1, 0.15) is 32.8 Å². The fraction of sp³-hybridized carbons (Fsp3) is 0.737. The SMILES string of the molecule is CC(=O)Nc1ccn([C@@H]2O[C@@]3([SiH2]C3OC(C)(C)C)[C@@H](OC(C)(C)C)[C@H]2O)c(=O)n1. The van der Waals surface area contributed by atoms with E-state index in [1.54, 1.807) is 0 Å². The summed E-state index contributed by atoms with van der Waals surface area (Å²) < 4.78 is 19.9. The second-order valence-corrected chi connectivity index (χ2v) is 12.0. The summed E-state index contributed by atoms with van der Waals surface area (Å²) in [5.74, 6) is -0.172. The van der Waals surface area contributed by atoms with Crippen molar-refractivity contribution < 1.29 is 24.1 Å². The minimum atomic E-state index is -1.05. The van der Waals surface area contributed by atoms with Gasteiger partial charge in [0.05, 0.1) is 16.9 Å². The van der Waals surface area contributed by atoms with Crippen LogP contribution in [0.5, 0.6) is 0 Å². The Bertz CT molecular complexity index is 846. The number of carbonyl (C=O) groups excluding carboxylic acids is 1. The molecule has 2 aliphatic heterocycles. The lowest BCUT2D eigenvalue weighted by Gasteiger charge is -2.31. The van der Waals surface area contributed by atoms with Crippen molar-refractivity contribution in [3.05, 3.63) is 22.7 Å². The Kier molecular flexibility index (Phi) is 5.54. The first-order valence-corrected chi connectivity index (χ1v) is 11.3. The number of anilines is 1. The fourth-order valence-electron chi connectivity index (χ4n) is 3.65. The Labute approximate surface area is 172 Å². The van der Waals surface area contributed by atoms with Crippen LogP contribution in [0.15, 0.2) is 17.1 Å². The first-order valence-electron chi connectivity index (χ1n) is 9.80. The highest BCUT2D eigenvalue weighted by Crippen LogP contribution is 2.51. The number of amides is 1. The van der Waals surface area contributed by atoms with Gasteiger partial charge < -0.3 is 24.6 Å². The third-order valence-electron chi connectivity index (χ3n) is 4.70. The van der Waals surface area contributed by atoms with E-state index in [0.717, 1.165) is 0 Å². The van der Waals surface area contributed by atoms with Gasteiger partial charge >= 0.3 is 5.69 Å². The van der Waals surface area contributed by atoms with Crippen LogP contribution in [0.25, 0.3) is 0 Å². The second-order valence-electron chi connectivity index (χ2n) is 9.71. The molecule has 29 heavy (non-hydrogen) atoms. The Balaban J connectivity index is 1.90. The van der Waals surface area contributed by atoms with E-state index < -0.39 is 44.5 Å².